The molecule has 3 aromatic rings. The fourth-order valence-corrected chi connectivity index (χ4v) is 7.06. The number of methoxy groups -OCH3 is 1. The monoisotopic (exact) mass is 622 g/mol. The van der Waals surface area contributed by atoms with Crippen LogP contribution in [-0.2, 0) is 23.0 Å². The number of carbonyl (C=O) groups excluding carboxylic acids is 1. The van der Waals surface area contributed by atoms with Gasteiger partial charge in [0.2, 0.25) is 10.0 Å². The van der Waals surface area contributed by atoms with Gasteiger partial charge in [0.25, 0.3) is 5.91 Å². The molecule has 0 saturated carbocycles. The van der Waals surface area contributed by atoms with Crippen LogP contribution >= 0.6 is 23.7 Å². The number of sulfonamides is 1. The van der Waals surface area contributed by atoms with E-state index in [0.717, 1.165) is 23.3 Å². The summed E-state index contributed by atoms with van der Waals surface area (Å²) in [4.78, 5) is 13.6. The zero-order valence-corrected chi connectivity index (χ0v) is 25.8. The summed E-state index contributed by atoms with van der Waals surface area (Å²) >= 11 is 1.56. The smallest absolute Gasteiger partial charge is 0.251 e. The number of halogens is 1. The fraction of sp³-hybridized carbons (Fsp3) is 0.414. The molecule has 2 heterocycles. The van der Waals surface area contributed by atoms with E-state index in [1.165, 1.54) is 4.31 Å². The second-order valence-corrected chi connectivity index (χ2v) is 12.7. The number of nitrogens with zero attached hydrogens (tertiary/aromatic N) is 1. The number of carbonyl (C=O) groups is 1. The average molecular weight is 623 g/mol. The number of rotatable bonds is 13. The molecule has 0 radical (unpaired) electrons. The van der Waals surface area contributed by atoms with Crippen molar-refractivity contribution in [3.05, 3.63) is 76.0 Å². The van der Waals surface area contributed by atoms with E-state index < -0.39 is 22.2 Å². The maximum Gasteiger partial charge on any atom is 0.251 e. The minimum Gasteiger partial charge on any atom is -0.497 e. The number of hydrogen-bond donors (Lipinski definition) is 4. The Morgan fingerprint density at radius 1 is 1.15 bits per heavy atom. The molecule has 12 heteroatoms. The predicted molar refractivity (Wildman–Crippen MR) is 168 cm³/mol. The first-order valence-corrected chi connectivity index (χ1v) is 16.1. The molecule has 1 fully saturated rings. The lowest BCUT2D eigenvalue weighted by Gasteiger charge is -2.29. The van der Waals surface area contributed by atoms with Crippen LogP contribution in [-0.4, -0.2) is 64.1 Å². The summed E-state index contributed by atoms with van der Waals surface area (Å²) in [5.74, 6) is 0.485. The van der Waals surface area contributed by atoms with Crippen molar-refractivity contribution >= 4 is 51.0 Å². The third-order valence-electron chi connectivity index (χ3n) is 6.83. The molecule has 2 atom stereocenters. The van der Waals surface area contributed by atoms with Gasteiger partial charge in [0.05, 0.1) is 30.7 Å². The molecule has 4 N–H and O–H groups in total. The Labute approximate surface area is 252 Å². The quantitative estimate of drug-likeness (QED) is 0.227. The van der Waals surface area contributed by atoms with Crippen LogP contribution in [0.25, 0.3) is 0 Å². The summed E-state index contributed by atoms with van der Waals surface area (Å²) in [6.45, 7) is 3.75. The number of aliphatic hydroxyl groups is 1. The molecule has 1 amide bonds. The van der Waals surface area contributed by atoms with Crippen LogP contribution in [0, 0.1) is 0 Å². The molecule has 0 aliphatic carbocycles. The van der Waals surface area contributed by atoms with Gasteiger partial charge in [0, 0.05) is 37.4 Å². The van der Waals surface area contributed by atoms with Gasteiger partial charge in [-0.25, -0.2) is 8.42 Å². The second kappa shape index (κ2) is 15.4. The third kappa shape index (κ3) is 9.08. The summed E-state index contributed by atoms with van der Waals surface area (Å²) in [7, 11) is -1.82. The molecule has 1 aliphatic heterocycles. The van der Waals surface area contributed by atoms with Crippen LogP contribution in [0.2, 0.25) is 0 Å². The van der Waals surface area contributed by atoms with E-state index in [-0.39, 0.29) is 30.6 Å². The van der Waals surface area contributed by atoms with Gasteiger partial charge in [0.15, 0.2) is 0 Å². The number of aliphatic hydroxyl groups excluding tert-OH is 1. The van der Waals surface area contributed by atoms with Gasteiger partial charge in [-0.2, -0.15) is 11.3 Å². The highest BCUT2D eigenvalue weighted by molar-refractivity contribution is 7.92. The van der Waals surface area contributed by atoms with Crippen LogP contribution in [0.4, 0.5) is 11.4 Å². The second-order valence-electron chi connectivity index (χ2n) is 9.86. The highest BCUT2D eigenvalue weighted by Crippen LogP contribution is 2.28. The summed E-state index contributed by atoms with van der Waals surface area (Å²) < 4.78 is 32.2. The molecular weight excluding hydrogens is 584 g/mol. The van der Waals surface area contributed by atoms with Gasteiger partial charge >= 0.3 is 0 Å². The van der Waals surface area contributed by atoms with Crippen LogP contribution in [0.3, 0.4) is 0 Å². The topological polar surface area (TPSA) is 120 Å². The maximum atomic E-state index is 13.6. The Morgan fingerprint density at radius 3 is 2.68 bits per heavy atom. The SMILES string of the molecule is CCNc1cc(C(=O)N[C@@H](Cc2ccsc2)[C@H](O)CNCc2cccc(OC)c2)cc(N2CCCCS2(=O)=O)c1.Cl. The van der Waals surface area contributed by atoms with Crippen LogP contribution in [0.1, 0.15) is 41.3 Å². The highest BCUT2D eigenvalue weighted by Gasteiger charge is 2.28. The van der Waals surface area contributed by atoms with Gasteiger partial charge < -0.3 is 25.8 Å². The van der Waals surface area contributed by atoms with E-state index in [9.17, 15) is 18.3 Å². The highest BCUT2D eigenvalue weighted by atomic mass is 35.5. The normalized spacial score (nSPS) is 15.8. The van der Waals surface area contributed by atoms with Gasteiger partial charge in [0.1, 0.15) is 5.75 Å². The van der Waals surface area contributed by atoms with E-state index >= 15 is 0 Å². The van der Waals surface area contributed by atoms with Gasteiger partial charge in [-0.1, -0.05) is 12.1 Å². The van der Waals surface area contributed by atoms with Crippen molar-refractivity contribution in [2.24, 2.45) is 0 Å². The third-order valence-corrected chi connectivity index (χ3v) is 9.43. The minimum atomic E-state index is -3.44. The van der Waals surface area contributed by atoms with E-state index in [0.29, 0.717) is 49.4 Å². The predicted octanol–water partition coefficient (Wildman–Crippen LogP) is 4.03. The zero-order chi connectivity index (χ0) is 28.5. The number of nitrogens with one attached hydrogen (secondary N) is 3. The Balaban J connectivity index is 0.00000462. The largest absolute Gasteiger partial charge is 0.497 e. The summed E-state index contributed by atoms with van der Waals surface area (Å²) in [5.41, 5.74) is 3.51. The van der Waals surface area contributed by atoms with E-state index in [1.54, 1.807) is 36.6 Å². The lowest BCUT2D eigenvalue weighted by Crippen LogP contribution is -2.48. The van der Waals surface area contributed by atoms with Gasteiger partial charge in [-0.3, -0.25) is 9.10 Å². The fourth-order valence-electron chi connectivity index (χ4n) is 4.76. The molecule has 1 saturated heterocycles. The molecule has 2 aromatic carbocycles. The molecule has 4 rings (SSSR count). The lowest BCUT2D eigenvalue weighted by molar-refractivity contribution is 0.0830. The molecule has 0 bridgehead atoms. The molecular formula is C29H39ClN4O5S2. The summed E-state index contributed by atoms with van der Waals surface area (Å²) in [6.07, 6.45) is 0.988. The Morgan fingerprint density at radius 2 is 1.98 bits per heavy atom. The number of benzene rings is 2. The molecule has 0 spiro atoms. The first-order chi connectivity index (χ1) is 19.3. The van der Waals surface area contributed by atoms with Crippen molar-refractivity contribution in [3.63, 3.8) is 0 Å². The molecule has 1 aromatic heterocycles. The van der Waals surface area contributed by atoms with Crippen LogP contribution in [0.5, 0.6) is 5.75 Å². The number of thiophene rings is 1. The zero-order valence-electron chi connectivity index (χ0n) is 23.3. The van der Waals surface area contributed by atoms with Crippen molar-refractivity contribution in [1.29, 1.82) is 0 Å². The number of ether oxygens (including phenoxy) is 1. The van der Waals surface area contributed by atoms with Crippen molar-refractivity contribution < 1.29 is 23.1 Å². The maximum absolute atomic E-state index is 13.6. The van der Waals surface area contributed by atoms with E-state index in [1.807, 2.05) is 48.0 Å². The standard InChI is InChI=1S/C29H38N4O5S2.ClH/c1-3-31-24-15-23(16-25(17-24)33-10-4-5-12-40(33,36)37)29(35)32-27(14-22-9-11-39-20-22)28(34)19-30-18-21-7-6-8-26(13-21)38-2;/h6-9,11,13,15-17,20,27-28,30-31,34H,3-5,10,12,14,18-19H2,1-2H3,(H,32,35);1H/t27-,28+;/m0./s1. The van der Waals surface area contributed by atoms with Crippen molar-refractivity contribution in [3.8, 4) is 5.75 Å². The Bertz CT molecular complexity index is 1370. The molecule has 0 unspecified atom stereocenters. The molecule has 1 aliphatic rings. The summed E-state index contributed by atoms with van der Waals surface area (Å²) in [6, 6.07) is 14.2. The van der Waals surface area contributed by atoms with Crippen molar-refractivity contribution in [2.45, 2.75) is 44.9 Å². The Kier molecular flexibility index (Phi) is 12.3. The average Bonchev–Trinajstić information content (AvgIpc) is 3.45. The molecule has 9 nitrogen and oxygen atoms in total. The van der Waals surface area contributed by atoms with Crippen molar-refractivity contribution in [2.75, 3.05) is 42.1 Å². The van der Waals surface area contributed by atoms with E-state index in [2.05, 4.69) is 16.0 Å². The van der Waals surface area contributed by atoms with E-state index in [4.69, 9.17) is 4.74 Å². The first kappa shape index (κ1) is 32.7. The van der Waals surface area contributed by atoms with Crippen LogP contribution < -0.4 is 25.0 Å². The van der Waals surface area contributed by atoms with Gasteiger partial charge in [-0.15, -0.1) is 12.4 Å². The lowest BCUT2D eigenvalue weighted by atomic mass is 10.0. The molecule has 224 valence electrons. The minimum absolute atomic E-state index is 0. The Hall–Kier alpha value is -2.83. The van der Waals surface area contributed by atoms with Crippen molar-refractivity contribution in [1.82, 2.24) is 10.6 Å². The number of anilines is 2. The van der Waals surface area contributed by atoms with Crippen LogP contribution in [0.15, 0.2) is 59.3 Å². The molecule has 41 heavy (non-hydrogen) atoms. The first-order valence-electron chi connectivity index (χ1n) is 13.5. The summed E-state index contributed by atoms with van der Waals surface area (Å²) in [5, 5.41) is 24.6. The number of hydrogen-bond acceptors (Lipinski definition) is 8. The van der Waals surface area contributed by atoms with Gasteiger partial charge in [-0.05, 0) is 84.5 Å². The number of amides is 1.